The first-order valence-corrected chi connectivity index (χ1v) is 7.49. The third-order valence-corrected chi connectivity index (χ3v) is 4.67. The van der Waals surface area contributed by atoms with Crippen molar-refractivity contribution in [1.82, 2.24) is 9.71 Å². The fraction of sp³-hybridized carbons (Fsp3) is 0.545. The summed E-state index contributed by atoms with van der Waals surface area (Å²) in [6, 6.07) is 0.765. The molecule has 0 saturated heterocycles. The molecule has 1 heterocycles. The van der Waals surface area contributed by atoms with Crippen LogP contribution in [0.3, 0.4) is 0 Å². The number of aromatic amines is 1. The number of rotatable bonds is 4. The Hall–Kier alpha value is -1.38. The third kappa shape index (κ3) is 3.34. The summed E-state index contributed by atoms with van der Waals surface area (Å²) in [4.78, 5) is 13.0. The molecule has 0 amide bonds. The molecule has 4 N–H and O–H groups in total. The van der Waals surface area contributed by atoms with Crippen molar-refractivity contribution in [3.63, 3.8) is 0 Å². The summed E-state index contributed by atoms with van der Waals surface area (Å²) in [5, 5.41) is 18.2. The first-order valence-electron chi connectivity index (χ1n) is 6.00. The Morgan fingerprint density at radius 1 is 1.42 bits per heavy atom. The number of sulfonamides is 1. The summed E-state index contributed by atoms with van der Waals surface area (Å²) in [6.45, 7) is 0. The van der Waals surface area contributed by atoms with Gasteiger partial charge in [0.2, 0.25) is 10.0 Å². The first kappa shape index (κ1) is 14.0. The molecule has 8 heteroatoms. The molecule has 1 aromatic heterocycles. The maximum atomic E-state index is 12.0. The lowest BCUT2D eigenvalue weighted by Gasteiger charge is -2.26. The van der Waals surface area contributed by atoms with Gasteiger partial charge >= 0.3 is 5.97 Å². The van der Waals surface area contributed by atoms with Gasteiger partial charge in [-0.2, -0.15) is 0 Å². The van der Waals surface area contributed by atoms with Crippen LogP contribution >= 0.6 is 0 Å². The fourth-order valence-corrected chi connectivity index (χ4v) is 3.49. The maximum Gasteiger partial charge on any atom is 0.352 e. The lowest BCUT2D eigenvalue weighted by molar-refractivity contribution is 0.0691. The maximum absolute atomic E-state index is 12.0. The van der Waals surface area contributed by atoms with Crippen LogP contribution in [0.1, 0.15) is 36.2 Å². The Morgan fingerprint density at radius 3 is 2.74 bits per heavy atom. The van der Waals surface area contributed by atoms with Gasteiger partial charge in [0.25, 0.3) is 0 Å². The van der Waals surface area contributed by atoms with E-state index in [2.05, 4.69) is 9.71 Å². The molecule has 1 aliphatic rings. The van der Waals surface area contributed by atoms with Crippen molar-refractivity contribution in [2.75, 3.05) is 0 Å². The molecule has 2 rings (SSSR count). The Morgan fingerprint density at radius 2 is 2.16 bits per heavy atom. The van der Waals surface area contributed by atoms with E-state index < -0.39 is 22.1 Å². The third-order valence-electron chi connectivity index (χ3n) is 3.17. The van der Waals surface area contributed by atoms with Crippen LogP contribution in [0.25, 0.3) is 0 Å². The van der Waals surface area contributed by atoms with Crippen LogP contribution in [0.15, 0.2) is 17.2 Å². The minimum atomic E-state index is -3.75. The molecule has 106 valence electrons. The molecule has 19 heavy (non-hydrogen) atoms. The van der Waals surface area contributed by atoms with E-state index in [1.807, 2.05) is 0 Å². The average molecular weight is 288 g/mol. The average Bonchev–Trinajstić information content (AvgIpc) is 2.78. The Kier molecular flexibility index (Phi) is 3.93. The van der Waals surface area contributed by atoms with Crippen LogP contribution in [0.5, 0.6) is 0 Å². The molecule has 0 radical (unpaired) electrons. The summed E-state index contributed by atoms with van der Waals surface area (Å²) >= 11 is 0. The molecule has 2 unspecified atom stereocenters. The lowest BCUT2D eigenvalue weighted by Crippen LogP contribution is -2.39. The van der Waals surface area contributed by atoms with Crippen LogP contribution in [0.2, 0.25) is 0 Å². The van der Waals surface area contributed by atoms with Gasteiger partial charge in [-0.25, -0.2) is 17.9 Å². The van der Waals surface area contributed by atoms with Crippen molar-refractivity contribution in [2.45, 2.75) is 42.7 Å². The van der Waals surface area contributed by atoms with Gasteiger partial charge in [-0.3, -0.25) is 0 Å². The zero-order valence-electron chi connectivity index (χ0n) is 10.2. The number of carboxylic acids is 1. The molecular formula is C11H16N2O5S. The predicted molar refractivity (Wildman–Crippen MR) is 66.3 cm³/mol. The minimum absolute atomic E-state index is 0.107. The summed E-state index contributed by atoms with van der Waals surface area (Å²) in [6.07, 6.45) is 3.17. The molecule has 0 aromatic carbocycles. The highest BCUT2D eigenvalue weighted by molar-refractivity contribution is 7.89. The summed E-state index contributed by atoms with van der Waals surface area (Å²) in [5.41, 5.74) is -0.177. The first-order chi connectivity index (χ1) is 8.88. The van der Waals surface area contributed by atoms with E-state index in [9.17, 15) is 18.3 Å². The molecule has 1 aliphatic carbocycles. The molecule has 0 bridgehead atoms. The number of nitrogens with one attached hydrogen (secondary N) is 2. The molecular weight excluding hydrogens is 272 g/mol. The van der Waals surface area contributed by atoms with E-state index in [0.29, 0.717) is 19.3 Å². The van der Waals surface area contributed by atoms with Gasteiger partial charge in [0.1, 0.15) is 10.6 Å². The van der Waals surface area contributed by atoms with Gasteiger partial charge in [0.05, 0.1) is 6.10 Å². The van der Waals surface area contributed by atoms with Crippen LogP contribution in [-0.4, -0.2) is 41.7 Å². The SMILES string of the molecule is O=C(O)c1cc(S(=O)(=O)NC2CCCC(O)C2)c[nH]1. The van der Waals surface area contributed by atoms with Crippen LogP contribution in [0.4, 0.5) is 0 Å². The number of H-pyrrole nitrogens is 1. The molecule has 7 nitrogen and oxygen atoms in total. The number of carbonyl (C=O) groups is 1. The van der Waals surface area contributed by atoms with E-state index >= 15 is 0 Å². The standard InChI is InChI=1S/C11H16N2O5S/c14-8-3-1-2-7(4-8)13-19(17,18)9-5-10(11(15)16)12-6-9/h5-8,12-14H,1-4H2,(H,15,16). The molecule has 1 fully saturated rings. The second-order valence-electron chi connectivity index (χ2n) is 4.69. The van der Waals surface area contributed by atoms with Crippen molar-refractivity contribution in [1.29, 1.82) is 0 Å². The number of hydrogen-bond donors (Lipinski definition) is 4. The van der Waals surface area contributed by atoms with E-state index in [1.165, 1.54) is 0 Å². The Bertz CT molecular complexity index is 565. The monoisotopic (exact) mass is 288 g/mol. The van der Waals surface area contributed by atoms with Crippen molar-refractivity contribution in [3.8, 4) is 0 Å². The topological polar surface area (TPSA) is 119 Å². The van der Waals surface area contributed by atoms with Crippen molar-refractivity contribution >= 4 is 16.0 Å². The highest BCUT2D eigenvalue weighted by Crippen LogP contribution is 2.20. The normalized spacial score (nSPS) is 24.3. The van der Waals surface area contributed by atoms with Gasteiger partial charge < -0.3 is 15.2 Å². The van der Waals surface area contributed by atoms with Gasteiger partial charge in [-0.1, -0.05) is 0 Å². The smallest absolute Gasteiger partial charge is 0.352 e. The van der Waals surface area contributed by atoms with Crippen LogP contribution in [0, 0.1) is 0 Å². The zero-order chi connectivity index (χ0) is 14.0. The molecule has 1 aromatic rings. The van der Waals surface area contributed by atoms with E-state index in [0.717, 1.165) is 18.7 Å². The summed E-state index contributed by atoms with van der Waals surface area (Å²) in [5.74, 6) is -1.21. The van der Waals surface area contributed by atoms with Crippen molar-refractivity contribution < 1.29 is 23.4 Å². The van der Waals surface area contributed by atoms with Gasteiger partial charge in [-0.05, 0) is 31.7 Å². The number of aromatic nitrogens is 1. The minimum Gasteiger partial charge on any atom is -0.477 e. The number of aliphatic hydroxyl groups is 1. The number of aromatic carboxylic acids is 1. The van der Waals surface area contributed by atoms with E-state index in [-0.39, 0.29) is 16.6 Å². The molecule has 0 spiro atoms. The molecule has 1 saturated carbocycles. The van der Waals surface area contributed by atoms with Gasteiger partial charge in [0.15, 0.2) is 0 Å². The Balaban J connectivity index is 2.10. The zero-order valence-corrected chi connectivity index (χ0v) is 11.0. The molecule has 2 atom stereocenters. The predicted octanol–water partition coefficient (Wildman–Crippen LogP) is 0.295. The van der Waals surface area contributed by atoms with Gasteiger partial charge in [0, 0.05) is 12.2 Å². The second-order valence-corrected chi connectivity index (χ2v) is 6.41. The molecule has 0 aliphatic heterocycles. The lowest BCUT2D eigenvalue weighted by atomic mass is 9.94. The highest BCUT2D eigenvalue weighted by atomic mass is 32.2. The second kappa shape index (κ2) is 5.32. The van der Waals surface area contributed by atoms with Crippen molar-refractivity contribution in [2.24, 2.45) is 0 Å². The quantitative estimate of drug-likeness (QED) is 0.635. The summed E-state index contributed by atoms with van der Waals surface area (Å²) in [7, 11) is -3.75. The largest absolute Gasteiger partial charge is 0.477 e. The van der Waals surface area contributed by atoms with Gasteiger partial charge in [-0.15, -0.1) is 0 Å². The van der Waals surface area contributed by atoms with Crippen LogP contribution < -0.4 is 4.72 Å². The summed E-state index contributed by atoms with van der Waals surface area (Å²) < 4.78 is 26.6. The van der Waals surface area contributed by atoms with Crippen molar-refractivity contribution in [3.05, 3.63) is 18.0 Å². The Labute approximate surface area is 110 Å². The van der Waals surface area contributed by atoms with E-state index in [1.54, 1.807) is 0 Å². The number of aliphatic hydroxyl groups excluding tert-OH is 1. The van der Waals surface area contributed by atoms with E-state index in [4.69, 9.17) is 5.11 Å². The highest BCUT2D eigenvalue weighted by Gasteiger charge is 2.26. The number of hydrogen-bond acceptors (Lipinski definition) is 4. The fourth-order valence-electron chi connectivity index (χ4n) is 2.21. The van der Waals surface area contributed by atoms with Crippen LogP contribution in [-0.2, 0) is 10.0 Å². The number of carboxylic acid groups (broad SMARTS) is 1.